The number of rotatable bonds is 3. The van der Waals surface area contributed by atoms with Crippen molar-refractivity contribution in [2.75, 3.05) is 11.4 Å². The van der Waals surface area contributed by atoms with E-state index in [2.05, 4.69) is 10.1 Å². The number of amides is 1. The molecule has 0 radical (unpaired) electrons. The van der Waals surface area contributed by atoms with Crippen molar-refractivity contribution in [3.05, 3.63) is 18.5 Å². The molecule has 0 spiro atoms. The van der Waals surface area contributed by atoms with Crippen LogP contribution in [0.4, 0.5) is 5.82 Å². The van der Waals surface area contributed by atoms with Gasteiger partial charge in [-0.15, -0.1) is 0 Å². The van der Waals surface area contributed by atoms with Crippen LogP contribution in [0.25, 0.3) is 10.9 Å². The molecule has 0 atom stereocenters. The lowest BCUT2D eigenvalue weighted by Gasteiger charge is -2.19. The summed E-state index contributed by atoms with van der Waals surface area (Å²) in [5.41, 5.74) is 0.166. The number of anilines is 1. The van der Waals surface area contributed by atoms with Gasteiger partial charge in [-0.2, -0.15) is 5.10 Å². The van der Waals surface area contributed by atoms with Gasteiger partial charge in [0.15, 0.2) is 5.82 Å². The molecule has 1 aliphatic heterocycles. The molecule has 1 aliphatic rings. The lowest BCUT2D eigenvalue weighted by Crippen LogP contribution is -2.27. The van der Waals surface area contributed by atoms with Crippen LogP contribution in [0.2, 0.25) is 0 Å². The van der Waals surface area contributed by atoms with Gasteiger partial charge >= 0.3 is 5.97 Å². The molecule has 1 amide bonds. The summed E-state index contributed by atoms with van der Waals surface area (Å²) >= 11 is 0. The number of fused-ring (bicyclic) bond motifs is 1. The van der Waals surface area contributed by atoms with Crippen LogP contribution in [-0.2, 0) is 20.9 Å². The lowest BCUT2D eigenvalue weighted by molar-refractivity contribution is -0.155. The summed E-state index contributed by atoms with van der Waals surface area (Å²) < 4.78 is 6.90. The van der Waals surface area contributed by atoms with E-state index in [0.29, 0.717) is 24.3 Å². The molecule has 7 heteroatoms. The zero-order chi connectivity index (χ0) is 16.6. The Balaban J connectivity index is 1.95. The van der Waals surface area contributed by atoms with E-state index in [1.54, 1.807) is 22.0 Å². The molecule has 0 unspecified atom stereocenters. The minimum Gasteiger partial charge on any atom is -0.459 e. The van der Waals surface area contributed by atoms with E-state index in [1.165, 1.54) is 0 Å². The monoisotopic (exact) mass is 316 g/mol. The number of hydrogen-bond acceptors (Lipinski definition) is 5. The molecule has 122 valence electrons. The Labute approximate surface area is 134 Å². The Morgan fingerprint density at radius 1 is 1.39 bits per heavy atom. The molecule has 3 rings (SSSR count). The number of esters is 1. The summed E-state index contributed by atoms with van der Waals surface area (Å²) in [4.78, 5) is 29.9. The van der Waals surface area contributed by atoms with Gasteiger partial charge in [0.05, 0.1) is 11.7 Å². The number of aromatic nitrogens is 3. The normalized spacial score (nSPS) is 15.4. The smallest absolute Gasteiger partial charge is 0.328 e. The van der Waals surface area contributed by atoms with E-state index in [4.69, 9.17) is 4.74 Å². The second-order valence-corrected chi connectivity index (χ2v) is 6.61. The van der Waals surface area contributed by atoms with Crippen molar-refractivity contribution < 1.29 is 14.3 Å². The maximum Gasteiger partial charge on any atom is 0.328 e. The summed E-state index contributed by atoms with van der Waals surface area (Å²) in [6.45, 7) is 6.10. The Kier molecular flexibility index (Phi) is 3.79. The number of nitrogens with zero attached hydrogens (tertiary/aromatic N) is 4. The molecule has 0 bridgehead atoms. The van der Waals surface area contributed by atoms with Gasteiger partial charge in [-0.05, 0) is 33.3 Å². The van der Waals surface area contributed by atoms with Gasteiger partial charge in [0, 0.05) is 24.5 Å². The van der Waals surface area contributed by atoms with Gasteiger partial charge in [0.25, 0.3) is 0 Å². The molecule has 7 nitrogen and oxygen atoms in total. The van der Waals surface area contributed by atoms with Gasteiger partial charge in [-0.1, -0.05) is 0 Å². The number of carbonyl (C=O) groups excluding carboxylic acids is 2. The highest BCUT2D eigenvalue weighted by Gasteiger charge is 2.27. The predicted molar refractivity (Wildman–Crippen MR) is 85.0 cm³/mol. The molecular formula is C16H20N4O3. The average Bonchev–Trinajstić information content (AvgIpc) is 3.01. The fourth-order valence-electron chi connectivity index (χ4n) is 2.69. The summed E-state index contributed by atoms with van der Waals surface area (Å²) in [7, 11) is 0. The van der Waals surface area contributed by atoms with Crippen LogP contribution in [0.1, 0.15) is 33.6 Å². The van der Waals surface area contributed by atoms with Crippen molar-refractivity contribution in [3.63, 3.8) is 0 Å². The van der Waals surface area contributed by atoms with E-state index >= 15 is 0 Å². The summed E-state index contributed by atoms with van der Waals surface area (Å²) in [5.74, 6) is 0.282. The first kappa shape index (κ1) is 15.5. The minimum atomic E-state index is -0.550. The first-order valence-corrected chi connectivity index (χ1v) is 7.68. The number of pyridine rings is 1. The molecule has 1 saturated heterocycles. The first-order chi connectivity index (χ1) is 10.8. The highest BCUT2D eigenvalue weighted by atomic mass is 16.6. The fourth-order valence-corrected chi connectivity index (χ4v) is 2.69. The van der Waals surface area contributed by atoms with E-state index < -0.39 is 5.60 Å². The summed E-state index contributed by atoms with van der Waals surface area (Å²) in [6, 6.07) is 1.81. The molecule has 0 N–H and O–H groups in total. The summed E-state index contributed by atoms with van der Waals surface area (Å²) in [6.07, 6.45) is 4.67. The van der Waals surface area contributed by atoms with E-state index in [1.807, 2.05) is 26.8 Å². The molecule has 2 aromatic rings. The van der Waals surface area contributed by atoms with Crippen molar-refractivity contribution in [3.8, 4) is 0 Å². The van der Waals surface area contributed by atoms with Crippen molar-refractivity contribution in [1.82, 2.24) is 14.8 Å². The van der Waals surface area contributed by atoms with Crippen LogP contribution >= 0.6 is 0 Å². The van der Waals surface area contributed by atoms with Crippen LogP contribution < -0.4 is 4.90 Å². The fraction of sp³-hybridized carbons (Fsp3) is 0.500. The van der Waals surface area contributed by atoms with Gasteiger partial charge in [0.2, 0.25) is 5.91 Å². The Bertz CT molecular complexity index is 760. The standard InChI is InChI=1S/C16H20N4O3/c1-16(2,3)23-14(22)10-20-12-9-17-7-6-11(12)15(18-20)19-8-4-5-13(19)21/h6-7,9H,4-5,8,10H2,1-3H3. The predicted octanol–water partition coefficient (Wildman–Crippen LogP) is 1.90. The molecule has 23 heavy (non-hydrogen) atoms. The van der Waals surface area contributed by atoms with E-state index in [-0.39, 0.29) is 18.4 Å². The third-order valence-corrected chi connectivity index (χ3v) is 3.56. The summed E-state index contributed by atoms with van der Waals surface area (Å²) in [5, 5.41) is 5.29. The minimum absolute atomic E-state index is 0.0124. The highest BCUT2D eigenvalue weighted by Crippen LogP contribution is 2.28. The van der Waals surface area contributed by atoms with Crippen LogP contribution in [0, 0.1) is 0 Å². The second kappa shape index (κ2) is 5.64. The van der Waals surface area contributed by atoms with E-state index in [0.717, 1.165) is 11.8 Å². The third-order valence-electron chi connectivity index (χ3n) is 3.56. The van der Waals surface area contributed by atoms with Crippen molar-refractivity contribution in [2.24, 2.45) is 0 Å². The highest BCUT2D eigenvalue weighted by molar-refractivity contribution is 6.02. The van der Waals surface area contributed by atoms with Crippen LogP contribution in [0.15, 0.2) is 18.5 Å². The Hall–Kier alpha value is -2.44. The maximum atomic E-state index is 12.1. The van der Waals surface area contributed by atoms with Gasteiger partial charge in [-0.3, -0.25) is 19.5 Å². The third kappa shape index (κ3) is 3.18. The molecule has 1 fully saturated rings. The number of ether oxygens (including phenoxy) is 1. The molecule has 0 aromatic carbocycles. The van der Waals surface area contributed by atoms with Gasteiger partial charge in [0.1, 0.15) is 12.1 Å². The largest absolute Gasteiger partial charge is 0.459 e. The second-order valence-electron chi connectivity index (χ2n) is 6.61. The van der Waals surface area contributed by atoms with Crippen LogP contribution in [0.3, 0.4) is 0 Å². The van der Waals surface area contributed by atoms with E-state index in [9.17, 15) is 9.59 Å². The van der Waals surface area contributed by atoms with Crippen LogP contribution in [-0.4, -0.2) is 38.8 Å². The topological polar surface area (TPSA) is 77.3 Å². The Morgan fingerprint density at radius 2 is 2.17 bits per heavy atom. The maximum absolute atomic E-state index is 12.1. The average molecular weight is 316 g/mol. The van der Waals surface area contributed by atoms with Crippen molar-refractivity contribution in [2.45, 2.75) is 45.8 Å². The zero-order valence-corrected chi connectivity index (χ0v) is 13.6. The molecule has 3 heterocycles. The quantitative estimate of drug-likeness (QED) is 0.808. The van der Waals surface area contributed by atoms with Crippen LogP contribution in [0.5, 0.6) is 0 Å². The van der Waals surface area contributed by atoms with Gasteiger partial charge < -0.3 is 4.74 Å². The molecule has 0 aliphatic carbocycles. The van der Waals surface area contributed by atoms with Crippen molar-refractivity contribution >= 4 is 28.6 Å². The molecular weight excluding hydrogens is 296 g/mol. The first-order valence-electron chi connectivity index (χ1n) is 7.68. The van der Waals surface area contributed by atoms with Gasteiger partial charge in [-0.25, -0.2) is 4.68 Å². The Morgan fingerprint density at radius 3 is 2.83 bits per heavy atom. The molecule has 0 saturated carbocycles. The SMILES string of the molecule is CC(C)(C)OC(=O)Cn1nc(N2CCCC2=O)c2ccncc21. The molecule has 2 aromatic heterocycles. The van der Waals surface area contributed by atoms with Crippen molar-refractivity contribution in [1.29, 1.82) is 0 Å². The number of hydrogen-bond donors (Lipinski definition) is 0. The lowest BCUT2D eigenvalue weighted by atomic mass is 10.2. The number of carbonyl (C=O) groups is 2. The zero-order valence-electron chi connectivity index (χ0n) is 13.6.